The number of aliphatic hydroxyl groups excluding tert-OH is 1. The molecule has 0 aliphatic heterocycles. The molecule has 2 aromatic rings. The average molecular weight is 233 g/mol. The van der Waals surface area contributed by atoms with Gasteiger partial charge in [-0.1, -0.05) is 11.6 Å². The van der Waals surface area contributed by atoms with Crippen molar-refractivity contribution >= 4 is 11.2 Å². The van der Waals surface area contributed by atoms with Gasteiger partial charge in [-0.25, -0.2) is 15.0 Å². The quantitative estimate of drug-likeness (QED) is 0.674. The van der Waals surface area contributed by atoms with Crippen LogP contribution < -0.4 is 5.73 Å². The molecule has 1 atom stereocenters. The first-order valence-corrected chi connectivity index (χ1v) is 5.33. The Balaban J connectivity index is 2.50. The van der Waals surface area contributed by atoms with Crippen LogP contribution in [0.3, 0.4) is 0 Å². The summed E-state index contributed by atoms with van der Waals surface area (Å²) in [6.07, 6.45) is 3.35. The molecule has 0 fully saturated rings. The fraction of sp³-hybridized carbons (Fsp3) is 0.364. The van der Waals surface area contributed by atoms with Crippen LogP contribution in [0.4, 0.5) is 0 Å². The standard InChI is InChI=1S/C11H15N5O/c1-6(4-17)3-8(12)9-10-11(14-5-13-10)16-7(2)15-9/h3,5,8,17H,4,12H2,1-2H3,(H,13,14,15,16). The number of aromatic nitrogens is 4. The van der Waals surface area contributed by atoms with Crippen molar-refractivity contribution in [1.82, 2.24) is 19.9 Å². The lowest BCUT2D eigenvalue weighted by molar-refractivity contribution is 0.330. The first-order chi connectivity index (χ1) is 8.11. The molecular formula is C11H15N5O. The van der Waals surface area contributed by atoms with Gasteiger partial charge < -0.3 is 15.8 Å². The Morgan fingerprint density at radius 3 is 3.06 bits per heavy atom. The van der Waals surface area contributed by atoms with Gasteiger partial charge in [0.05, 0.1) is 24.7 Å². The highest BCUT2D eigenvalue weighted by atomic mass is 16.3. The van der Waals surface area contributed by atoms with Gasteiger partial charge in [-0.3, -0.25) is 0 Å². The largest absolute Gasteiger partial charge is 0.392 e. The van der Waals surface area contributed by atoms with E-state index in [-0.39, 0.29) is 12.6 Å². The summed E-state index contributed by atoms with van der Waals surface area (Å²) >= 11 is 0. The second-order valence-electron chi connectivity index (χ2n) is 3.95. The second kappa shape index (κ2) is 4.60. The van der Waals surface area contributed by atoms with Crippen molar-refractivity contribution in [2.45, 2.75) is 19.9 Å². The van der Waals surface area contributed by atoms with E-state index in [1.54, 1.807) is 19.3 Å². The van der Waals surface area contributed by atoms with E-state index in [9.17, 15) is 0 Å². The Morgan fingerprint density at radius 2 is 2.35 bits per heavy atom. The third-order valence-corrected chi connectivity index (χ3v) is 2.45. The van der Waals surface area contributed by atoms with Gasteiger partial charge in [0.2, 0.25) is 0 Å². The van der Waals surface area contributed by atoms with Crippen LogP contribution in [0, 0.1) is 6.92 Å². The fourth-order valence-electron chi connectivity index (χ4n) is 1.65. The monoisotopic (exact) mass is 233 g/mol. The molecule has 0 spiro atoms. The molecule has 90 valence electrons. The Bertz CT molecular complexity index is 560. The molecule has 2 rings (SSSR count). The van der Waals surface area contributed by atoms with Crippen LogP contribution in [-0.2, 0) is 0 Å². The molecule has 0 aromatic carbocycles. The molecule has 0 aliphatic carbocycles. The molecule has 17 heavy (non-hydrogen) atoms. The molecule has 0 saturated heterocycles. The van der Waals surface area contributed by atoms with Crippen molar-refractivity contribution < 1.29 is 5.11 Å². The fourth-order valence-corrected chi connectivity index (χ4v) is 1.65. The lowest BCUT2D eigenvalue weighted by Crippen LogP contribution is -2.12. The van der Waals surface area contributed by atoms with Crippen LogP contribution >= 0.6 is 0 Å². The molecule has 6 nitrogen and oxygen atoms in total. The number of nitrogens with zero attached hydrogens (tertiary/aromatic N) is 3. The summed E-state index contributed by atoms with van der Waals surface area (Å²) in [5, 5.41) is 8.98. The van der Waals surface area contributed by atoms with Crippen LogP contribution in [-0.4, -0.2) is 31.6 Å². The van der Waals surface area contributed by atoms with Crippen molar-refractivity contribution in [1.29, 1.82) is 0 Å². The van der Waals surface area contributed by atoms with E-state index in [1.807, 2.05) is 6.92 Å². The molecule has 0 aliphatic rings. The van der Waals surface area contributed by atoms with Gasteiger partial charge in [0.15, 0.2) is 5.65 Å². The molecule has 1 unspecified atom stereocenters. The van der Waals surface area contributed by atoms with Gasteiger partial charge in [-0.15, -0.1) is 0 Å². The minimum Gasteiger partial charge on any atom is -0.392 e. The zero-order valence-electron chi connectivity index (χ0n) is 9.81. The van der Waals surface area contributed by atoms with E-state index in [0.29, 0.717) is 17.2 Å². The molecule has 0 amide bonds. The van der Waals surface area contributed by atoms with Crippen LogP contribution in [0.1, 0.15) is 24.5 Å². The van der Waals surface area contributed by atoms with Crippen molar-refractivity contribution in [2.24, 2.45) is 5.73 Å². The van der Waals surface area contributed by atoms with Crippen molar-refractivity contribution in [3.05, 3.63) is 29.5 Å². The Labute approximate surface area is 98.6 Å². The molecule has 0 bridgehead atoms. The number of imidazole rings is 1. The number of hydrogen-bond acceptors (Lipinski definition) is 5. The summed E-state index contributed by atoms with van der Waals surface area (Å²) in [7, 11) is 0. The van der Waals surface area contributed by atoms with E-state index >= 15 is 0 Å². The lowest BCUT2D eigenvalue weighted by Gasteiger charge is -2.09. The maximum atomic E-state index is 8.98. The third kappa shape index (κ3) is 2.32. The first kappa shape index (κ1) is 11.7. The van der Waals surface area contributed by atoms with Crippen molar-refractivity contribution in [3.8, 4) is 0 Å². The number of H-pyrrole nitrogens is 1. The number of aliphatic hydroxyl groups is 1. The molecule has 2 aromatic heterocycles. The van der Waals surface area contributed by atoms with Crippen LogP contribution in [0.15, 0.2) is 18.0 Å². The number of nitrogens with two attached hydrogens (primary N) is 1. The predicted molar refractivity (Wildman–Crippen MR) is 64.2 cm³/mol. The number of rotatable bonds is 3. The summed E-state index contributed by atoms with van der Waals surface area (Å²) < 4.78 is 0. The van der Waals surface area contributed by atoms with Gasteiger partial charge >= 0.3 is 0 Å². The highest BCUT2D eigenvalue weighted by Gasteiger charge is 2.13. The normalized spacial score (nSPS) is 14.2. The topological polar surface area (TPSA) is 101 Å². The van der Waals surface area contributed by atoms with Gasteiger partial charge in [0, 0.05) is 0 Å². The van der Waals surface area contributed by atoms with Gasteiger partial charge in [0.25, 0.3) is 0 Å². The summed E-state index contributed by atoms with van der Waals surface area (Å²) in [5.41, 5.74) is 8.89. The maximum Gasteiger partial charge on any atom is 0.181 e. The second-order valence-corrected chi connectivity index (χ2v) is 3.95. The van der Waals surface area contributed by atoms with Gasteiger partial charge in [0.1, 0.15) is 11.3 Å². The van der Waals surface area contributed by atoms with E-state index in [4.69, 9.17) is 10.8 Å². The summed E-state index contributed by atoms with van der Waals surface area (Å²) in [6.45, 7) is 3.61. The minimum absolute atomic E-state index is 0.0100. The number of hydrogen-bond donors (Lipinski definition) is 3. The zero-order chi connectivity index (χ0) is 12.4. The molecule has 6 heteroatoms. The minimum atomic E-state index is -0.383. The zero-order valence-corrected chi connectivity index (χ0v) is 9.81. The van der Waals surface area contributed by atoms with Crippen LogP contribution in [0.2, 0.25) is 0 Å². The Morgan fingerprint density at radius 1 is 1.59 bits per heavy atom. The SMILES string of the molecule is CC(=CC(N)c1nc(C)nc2nc[nH]c12)CO. The number of aromatic amines is 1. The Kier molecular flexibility index (Phi) is 3.16. The third-order valence-electron chi connectivity index (χ3n) is 2.45. The highest BCUT2D eigenvalue weighted by Crippen LogP contribution is 2.18. The smallest absolute Gasteiger partial charge is 0.181 e. The van der Waals surface area contributed by atoms with E-state index in [0.717, 1.165) is 11.1 Å². The highest BCUT2D eigenvalue weighted by molar-refractivity contribution is 5.73. The molecule has 2 heterocycles. The Hall–Kier alpha value is -1.79. The van der Waals surface area contributed by atoms with Crippen LogP contribution in [0.5, 0.6) is 0 Å². The molecular weight excluding hydrogens is 218 g/mol. The molecule has 0 saturated carbocycles. The first-order valence-electron chi connectivity index (χ1n) is 5.33. The predicted octanol–water partition coefficient (Wildman–Crippen LogP) is 0.600. The molecule has 0 radical (unpaired) electrons. The number of nitrogens with one attached hydrogen (secondary N) is 1. The van der Waals surface area contributed by atoms with Crippen LogP contribution in [0.25, 0.3) is 11.2 Å². The maximum absolute atomic E-state index is 8.98. The van der Waals surface area contributed by atoms with Crippen molar-refractivity contribution in [2.75, 3.05) is 6.61 Å². The molecule has 4 N–H and O–H groups in total. The lowest BCUT2D eigenvalue weighted by atomic mass is 10.1. The number of aryl methyl sites for hydroxylation is 1. The number of fused-ring (bicyclic) bond motifs is 1. The van der Waals surface area contributed by atoms with E-state index in [2.05, 4.69) is 19.9 Å². The van der Waals surface area contributed by atoms with E-state index in [1.165, 1.54) is 0 Å². The summed E-state index contributed by atoms with van der Waals surface area (Å²) in [6, 6.07) is -0.383. The van der Waals surface area contributed by atoms with E-state index < -0.39 is 0 Å². The average Bonchev–Trinajstić information content (AvgIpc) is 2.75. The van der Waals surface area contributed by atoms with Crippen molar-refractivity contribution in [3.63, 3.8) is 0 Å². The summed E-state index contributed by atoms with van der Waals surface area (Å²) in [5.74, 6) is 0.630. The van der Waals surface area contributed by atoms with Gasteiger partial charge in [-0.2, -0.15) is 0 Å². The summed E-state index contributed by atoms with van der Waals surface area (Å²) in [4.78, 5) is 15.6. The van der Waals surface area contributed by atoms with Gasteiger partial charge in [-0.05, 0) is 13.8 Å².